The first-order chi connectivity index (χ1) is 5.16. The Labute approximate surface area is 72.9 Å². The number of halogens is 1. The Kier molecular flexibility index (Phi) is 6.33. The largest absolute Gasteiger partial charge is 0.451 e. The van der Waals surface area contributed by atoms with Gasteiger partial charge >= 0.3 is 5.43 Å². The SMILES string of the molecule is CCCCCC(C)OC(=O)Cl. The van der Waals surface area contributed by atoms with Crippen LogP contribution in [0.4, 0.5) is 4.79 Å². The fourth-order valence-electron chi connectivity index (χ4n) is 0.899. The van der Waals surface area contributed by atoms with E-state index < -0.39 is 5.43 Å². The van der Waals surface area contributed by atoms with E-state index in [2.05, 4.69) is 6.92 Å². The summed E-state index contributed by atoms with van der Waals surface area (Å²) in [6.45, 7) is 3.99. The van der Waals surface area contributed by atoms with Gasteiger partial charge in [-0.2, -0.15) is 0 Å². The molecule has 0 saturated heterocycles. The zero-order valence-corrected chi connectivity index (χ0v) is 7.86. The van der Waals surface area contributed by atoms with Crippen LogP contribution in [0, 0.1) is 0 Å². The fourth-order valence-corrected chi connectivity index (χ4v) is 1.05. The predicted molar refractivity (Wildman–Crippen MR) is 45.9 cm³/mol. The van der Waals surface area contributed by atoms with Crippen molar-refractivity contribution in [3.05, 3.63) is 0 Å². The van der Waals surface area contributed by atoms with Gasteiger partial charge in [0, 0.05) is 11.6 Å². The third-order valence-electron chi connectivity index (χ3n) is 1.51. The number of ether oxygens (including phenoxy) is 1. The predicted octanol–water partition coefficient (Wildman–Crippen LogP) is 3.33. The van der Waals surface area contributed by atoms with Crippen LogP contribution < -0.4 is 0 Å². The van der Waals surface area contributed by atoms with Gasteiger partial charge < -0.3 is 4.74 Å². The number of hydrogen-bond acceptors (Lipinski definition) is 2. The van der Waals surface area contributed by atoms with Crippen molar-refractivity contribution in [2.45, 2.75) is 45.6 Å². The van der Waals surface area contributed by atoms with Crippen LogP contribution >= 0.6 is 11.6 Å². The van der Waals surface area contributed by atoms with Crippen LogP contribution in [0.15, 0.2) is 0 Å². The second-order valence-corrected chi connectivity index (χ2v) is 2.97. The maximum Gasteiger partial charge on any atom is 0.404 e. The zero-order valence-electron chi connectivity index (χ0n) is 7.10. The molecule has 0 spiro atoms. The first-order valence-electron chi connectivity index (χ1n) is 4.03. The molecule has 66 valence electrons. The first kappa shape index (κ1) is 10.8. The van der Waals surface area contributed by atoms with E-state index >= 15 is 0 Å². The topological polar surface area (TPSA) is 26.3 Å². The molecule has 0 bridgehead atoms. The van der Waals surface area contributed by atoms with Crippen molar-refractivity contribution in [2.24, 2.45) is 0 Å². The summed E-state index contributed by atoms with van der Waals surface area (Å²) in [5.74, 6) is 0. The molecule has 0 N–H and O–H groups in total. The lowest BCUT2D eigenvalue weighted by Crippen LogP contribution is -2.09. The molecule has 0 amide bonds. The molecule has 11 heavy (non-hydrogen) atoms. The van der Waals surface area contributed by atoms with Crippen LogP contribution in [-0.4, -0.2) is 11.5 Å². The molecule has 0 aromatic rings. The van der Waals surface area contributed by atoms with E-state index in [-0.39, 0.29) is 6.10 Å². The summed E-state index contributed by atoms with van der Waals surface area (Å²) in [4.78, 5) is 10.2. The third-order valence-corrected chi connectivity index (χ3v) is 1.60. The molecular formula is C8H15ClO2. The summed E-state index contributed by atoms with van der Waals surface area (Å²) in [7, 11) is 0. The van der Waals surface area contributed by atoms with Gasteiger partial charge in [0.2, 0.25) is 0 Å². The normalized spacial score (nSPS) is 12.6. The molecule has 1 atom stereocenters. The minimum atomic E-state index is -0.700. The molecule has 0 aromatic heterocycles. The lowest BCUT2D eigenvalue weighted by Gasteiger charge is -2.09. The molecule has 0 fully saturated rings. The lowest BCUT2D eigenvalue weighted by atomic mass is 10.1. The van der Waals surface area contributed by atoms with Gasteiger partial charge in [-0.3, -0.25) is 0 Å². The van der Waals surface area contributed by atoms with Crippen molar-refractivity contribution in [2.75, 3.05) is 0 Å². The van der Waals surface area contributed by atoms with Crippen molar-refractivity contribution >= 4 is 17.0 Å². The van der Waals surface area contributed by atoms with Crippen molar-refractivity contribution in [3.63, 3.8) is 0 Å². The molecule has 0 aliphatic heterocycles. The molecule has 0 heterocycles. The molecule has 1 unspecified atom stereocenters. The molecule has 3 heteroatoms. The number of rotatable bonds is 5. The van der Waals surface area contributed by atoms with Gasteiger partial charge in [-0.1, -0.05) is 19.8 Å². The summed E-state index contributed by atoms with van der Waals surface area (Å²) < 4.78 is 4.72. The molecule has 2 nitrogen and oxygen atoms in total. The van der Waals surface area contributed by atoms with Gasteiger partial charge in [-0.25, -0.2) is 4.79 Å². The van der Waals surface area contributed by atoms with Crippen LogP contribution in [0.5, 0.6) is 0 Å². The Morgan fingerprint density at radius 1 is 1.55 bits per heavy atom. The molecule has 0 aromatic carbocycles. The Hall–Kier alpha value is -0.240. The van der Waals surface area contributed by atoms with Gasteiger partial charge in [0.1, 0.15) is 6.10 Å². The highest BCUT2D eigenvalue weighted by molar-refractivity contribution is 6.61. The van der Waals surface area contributed by atoms with E-state index in [0.29, 0.717) is 0 Å². The van der Waals surface area contributed by atoms with Gasteiger partial charge in [0.25, 0.3) is 0 Å². The minimum Gasteiger partial charge on any atom is -0.451 e. The van der Waals surface area contributed by atoms with Crippen molar-refractivity contribution in [3.8, 4) is 0 Å². The Morgan fingerprint density at radius 3 is 2.64 bits per heavy atom. The van der Waals surface area contributed by atoms with E-state index in [1.165, 1.54) is 12.8 Å². The van der Waals surface area contributed by atoms with Crippen molar-refractivity contribution in [1.82, 2.24) is 0 Å². The van der Waals surface area contributed by atoms with E-state index in [9.17, 15) is 4.79 Å². The van der Waals surface area contributed by atoms with Crippen molar-refractivity contribution < 1.29 is 9.53 Å². The van der Waals surface area contributed by atoms with Gasteiger partial charge in [-0.15, -0.1) is 0 Å². The average Bonchev–Trinajstić information content (AvgIpc) is 1.86. The number of unbranched alkanes of at least 4 members (excludes halogenated alkanes) is 2. The second kappa shape index (κ2) is 6.47. The van der Waals surface area contributed by atoms with Gasteiger partial charge in [0.15, 0.2) is 0 Å². The Balaban J connectivity index is 3.22. The van der Waals surface area contributed by atoms with E-state index in [1.54, 1.807) is 0 Å². The average molecular weight is 179 g/mol. The van der Waals surface area contributed by atoms with Crippen LogP contribution in [-0.2, 0) is 4.74 Å². The molecule has 0 radical (unpaired) electrons. The minimum absolute atomic E-state index is 0.0356. The molecule has 0 rings (SSSR count). The van der Waals surface area contributed by atoms with Crippen LogP contribution in [0.1, 0.15) is 39.5 Å². The second-order valence-electron chi connectivity index (χ2n) is 2.66. The molecular weight excluding hydrogens is 164 g/mol. The third kappa shape index (κ3) is 7.66. The van der Waals surface area contributed by atoms with Gasteiger partial charge in [-0.05, 0) is 19.8 Å². The molecule has 0 saturated carbocycles. The smallest absolute Gasteiger partial charge is 0.404 e. The summed E-state index contributed by atoms with van der Waals surface area (Å²) in [5, 5.41) is 0. The Morgan fingerprint density at radius 2 is 2.18 bits per heavy atom. The summed E-state index contributed by atoms with van der Waals surface area (Å²) in [6, 6.07) is 0. The monoisotopic (exact) mass is 178 g/mol. The van der Waals surface area contributed by atoms with Crippen LogP contribution in [0.3, 0.4) is 0 Å². The lowest BCUT2D eigenvalue weighted by molar-refractivity contribution is 0.124. The molecule has 0 aliphatic carbocycles. The summed E-state index contributed by atoms with van der Waals surface area (Å²) in [5.41, 5.74) is -0.700. The fraction of sp³-hybridized carbons (Fsp3) is 0.875. The highest BCUT2D eigenvalue weighted by Crippen LogP contribution is 2.07. The Bertz CT molecular complexity index is 115. The van der Waals surface area contributed by atoms with Crippen LogP contribution in [0.25, 0.3) is 0 Å². The summed E-state index contributed by atoms with van der Waals surface area (Å²) in [6.07, 6.45) is 4.34. The number of carbonyl (C=O) groups excluding carboxylic acids is 1. The van der Waals surface area contributed by atoms with Crippen molar-refractivity contribution in [1.29, 1.82) is 0 Å². The van der Waals surface area contributed by atoms with Gasteiger partial charge in [0.05, 0.1) is 0 Å². The highest BCUT2D eigenvalue weighted by atomic mass is 35.5. The van der Waals surface area contributed by atoms with E-state index in [0.717, 1.165) is 12.8 Å². The first-order valence-corrected chi connectivity index (χ1v) is 4.40. The maximum atomic E-state index is 10.2. The number of hydrogen-bond donors (Lipinski definition) is 0. The zero-order chi connectivity index (χ0) is 8.69. The summed E-state index contributed by atoms with van der Waals surface area (Å²) >= 11 is 5.02. The van der Waals surface area contributed by atoms with Crippen LogP contribution in [0.2, 0.25) is 0 Å². The standard InChI is InChI=1S/C8H15ClO2/c1-3-4-5-6-7(2)11-8(9)10/h7H,3-6H2,1-2H3. The van der Waals surface area contributed by atoms with E-state index in [1.807, 2.05) is 6.92 Å². The number of carbonyl (C=O) groups is 1. The quantitative estimate of drug-likeness (QED) is 0.477. The maximum absolute atomic E-state index is 10.2. The highest BCUT2D eigenvalue weighted by Gasteiger charge is 2.04. The van der Waals surface area contributed by atoms with E-state index in [4.69, 9.17) is 16.3 Å². The molecule has 0 aliphatic rings.